The van der Waals surface area contributed by atoms with E-state index in [1.54, 1.807) is 0 Å². The largest absolute Gasteiger partial charge is 0.480 e. The lowest BCUT2D eigenvalue weighted by Crippen LogP contribution is -2.44. The van der Waals surface area contributed by atoms with Crippen molar-refractivity contribution in [3.63, 3.8) is 0 Å². The molecule has 1 atom stereocenters. The van der Waals surface area contributed by atoms with E-state index in [-0.39, 0.29) is 5.92 Å². The number of aliphatic carboxylic acids is 1. The molecule has 0 bridgehead atoms. The van der Waals surface area contributed by atoms with Crippen LogP contribution in [0.15, 0.2) is 29.3 Å². The maximum Gasteiger partial charge on any atom is 0.326 e. The zero-order valence-electron chi connectivity index (χ0n) is 9.97. The van der Waals surface area contributed by atoms with E-state index in [9.17, 15) is 4.79 Å². The van der Waals surface area contributed by atoms with E-state index in [4.69, 9.17) is 5.11 Å². The van der Waals surface area contributed by atoms with Gasteiger partial charge in [0.25, 0.3) is 0 Å². The summed E-state index contributed by atoms with van der Waals surface area (Å²) in [5.41, 5.74) is 2.15. The second-order valence-corrected chi connectivity index (χ2v) is 4.53. The molecule has 0 spiro atoms. The van der Waals surface area contributed by atoms with Crippen molar-refractivity contribution in [1.82, 2.24) is 5.32 Å². The number of carboxylic acid groups (broad SMARTS) is 1. The van der Waals surface area contributed by atoms with Crippen LogP contribution >= 0.6 is 0 Å². The molecule has 4 heteroatoms. The van der Waals surface area contributed by atoms with Crippen LogP contribution in [-0.4, -0.2) is 23.0 Å². The van der Waals surface area contributed by atoms with Crippen LogP contribution in [0.3, 0.4) is 0 Å². The van der Waals surface area contributed by atoms with Crippen LogP contribution < -0.4 is 5.32 Å². The number of nitrogens with zero attached hydrogens (tertiary/aromatic N) is 1. The van der Waals surface area contributed by atoms with Gasteiger partial charge in [-0.05, 0) is 11.5 Å². The number of amidine groups is 1. The van der Waals surface area contributed by atoms with E-state index in [2.05, 4.69) is 10.3 Å². The summed E-state index contributed by atoms with van der Waals surface area (Å²) < 4.78 is 0. The summed E-state index contributed by atoms with van der Waals surface area (Å²) in [6.45, 7) is 4.39. The van der Waals surface area contributed by atoms with Gasteiger partial charge >= 0.3 is 5.97 Å². The Bertz CT molecular complexity index is 466. The summed E-state index contributed by atoms with van der Waals surface area (Å²) in [6, 6.07) is 7.28. The van der Waals surface area contributed by atoms with Gasteiger partial charge in [-0.1, -0.05) is 38.1 Å². The van der Waals surface area contributed by atoms with Gasteiger partial charge in [0.2, 0.25) is 0 Å². The van der Waals surface area contributed by atoms with Crippen molar-refractivity contribution >= 4 is 11.8 Å². The Labute approximate surface area is 100 Å². The molecule has 1 aliphatic heterocycles. The maximum atomic E-state index is 11.1. The number of nitrogens with one attached hydrogen (secondary N) is 1. The molecule has 0 unspecified atom stereocenters. The highest BCUT2D eigenvalue weighted by atomic mass is 16.4. The molecule has 1 aromatic rings. The van der Waals surface area contributed by atoms with Gasteiger partial charge < -0.3 is 10.4 Å². The van der Waals surface area contributed by atoms with Crippen molar-refractivity contribution in [1.29, 1.82) is 0 Å². The van der Waals surface area contributed by atoms with E-state index in [0.717, 1.165) is 11.1 Å². The van der Waals surface area contributed by atoms with Crippen LogP contribution in [0, 0.1) is 5.92 Å². The fraction of sp³-hybridized carbons (Fsp3) is 0.385. The first-order valence-corrected chi connectivity index (χ1v) is 5.71. The van der Waals surface area contributed by atoms with Crippen molar-refractivity contribution in [2.24, 2.45) is 10.9 Å². The Morgan fingerprint density at radius 3 is 2.76 bits per heavy atom. The van der Waals surface area contributed by atoms with Gasteiger partial charge in [0, 0.05) is 5.56 Å². The second-order valence-electron chi connectivity index (χ2n) is 4.53. The molecule has 2 rings (SSSR count). The number of rotatable bonds is 3. The van der Waals surface area contributed by atoms with E-state index < -0.39 is 12.0 Å². The molecule has 0 saturated heterocycles. The fourth-order valence-electron chi connectivity index (χ4n) is 1.92. The quantitative estimate of drug-likeness (QED) is 0.833. The first-order valence-electron chi connectivity index (χ1n) is 5.71. The maximum absolute atomic E-state index is 11.1. The minimum atomic E-state index is -0.841. The topological polar surface area (TPSA) is 61.7 Å². The Hall–Kier alpha value is -1.84. The smallest absolute Gasteiger partial charge is 0.326 e. The van der Waals surface area contributed by atoms with E-state index in [1.165, 1.54) is 0 Å². The van der Waals surface area contributed by atoms with Crippen molar-refractivity contribution in [2.45, 2.75) is 26.4 Å². The Kier molecular flexibility index (Phi) is 3.13. The molecule has 0 fully saturated rings. The number of fused-ring (bicyclic) bond motifs is 1. The third-order valence-electron chi connectivity index (χ3n) is 2.90. The van der Waals surface area contributed by atoms with Crippen molar-refractivity contribution < 1.29 is 9.90 Å². The van der Waals surface area contributed by atoms with Crippen molar-refractivity contribution in [3.05, 3.63) is 35.4 Å². The fourth-order valence-corrected chi connectivity index (χ4v) is 1.92. The van der Waals surface area contributed by atoms with Crippen LogP contribution in [0.1, 0.15) is 25.0 Å². The molecule has 1 aromatic carbocycles. The number of carboxylic acids is 1. The lowest BCUT2D eigenvalue weighted by molar-refractivity contribution is -0.140. The van der Waals surface area contributed by atoms with Gasteiger partial charge in [0.1, 0.15) is 11.9 Å². The molecule has 0 aliphatic carbocycles. The lowest BCUT2D eigenvalue weighted by Gasteiger charge is -2.19. The standard InChI is InChI=1S/C13H16N2O2/c1-8(2)11(13(16)17)15-12-10-6-4-3-5-9(10)7-14-12/h3-6,8,11H,7H2,1-2H3,(H,14,15)(H,16,17)/t11-/m0/s1. The molecule has 0 aromatic heterocycles. The number of aliphatic imine (C=N–C) groups is 1. The van der Waals surface area contributed by atoms with Gasteiger partial charge in [-0.15, -0.1) is 0 Å². The summed E-state index contributed by atoms with van der Waals surface area (Å²) in [6.07, 6.45) is 0. The SMILES string of the molecule is CC(C)[C@H](NC1=NCc2ccccc21)C(=O)O. The monoisotopic (exact) mass is 232 g/mol. The summed E-state index contributed by atoms with van der Waals surface area (Å²) in [5.74, 6) is -0.128. The molecule has 90 valence electrons. The summed E-state index contributed by atoms with van der Waals surface area (Å²) in [7, 11) is 0. The van der Waals surface area contributed by atoms with Crippen LogP contribution in [0.4, 0.5) is 0 Å². The first kappa shape index (κ1) is 11.6. The molecule has 0 amide bonds. The van der Waals surface area contributed by atoms with Gasteiger partial charge in [0.15, 0.2) is 0 Å². The predicted molar refractivity (Wildman–Crippen MR) is 66.1 cm³/mol. The second kappa shape index (κ2) is 4.57. The van der Waals surface area contributed by atoms with Crippen molar-refractivity contribution in [3.8, 4) is 0 Å². The first-order chi connectivity index (χ1) is 8.09. The normalized spacial score (nSPS) is 15.4. The molecular formula is C13H16N2O2. The van der Waals surface area contributed by atoms with E-state index >= 15 is 0 Å². The molecule has 4 nitrogen and oxygen atoms in total. The highest BCUT2D eigenvalue weighted by molar-refractivity contribution is 6.03. The Balaban J connectivity index is 2.18. The number of hydrogen-bond donors (Lipinski definition) is 2. The predicted octanol–water partition coefficient (Wildman–Crippen LogP) is 1.65. The minimum Gasteiger partial charge on any atom is -0.480 e. The molecule has 17 heavy (non-hydrogen) atoms. The van der Waals surface area contributed by atoms with E-state index in [1.807, 2.05) is 38.1 Å². The average Bonchev–Trinajstić information content (AvgIpc) is 2.68. The van der Waals surface area contributed by atoms with Crippen LogP contribution in [-0.2, 0) is 11.3 Å². The molecule has 1 heterocycles. The lowest BCUT2D eigenvalue weighted by atomic mass is 10.0. The number of carbonyl (C=O) groups is 1. The molecule has 1 aliphatic rings. The average molecular weight is 232 g/mol. The highest BCUT2D eigenvalue weighted by Gasteiger charge is 2.25. The third kappa shape index (κ3) is 2.30. The Morgan fingerprint density at radius 1 is 1.41 bits per heavy atom. The molecule has 0 radical (unpaired) electrons. The third-order valence-corrected chi connectivity index (χ3v) is 2.90. The minimum absolute atomic E-state index is 0.0166. The van der Waals surface area contributed by atoms with Gasteiger partial charge in [-0.3, -0.25) is 4.99 Å². The zero-order chi connectivity index (χ0) is 12.4. The van der Waals surface area contributed by atoms with Crippen LogP contribution in [0.25, 0.3) is 0 Å². The molecule has 2 N–H and O–H groups in total. The van der Waals surface area contributed by atoms with Crippen LogP contribution in [0.5, 0.6) is 0 Å². The van der Waals surface area contributed by atoms with Gasteiger partial charge in [0.05, 0.1) is 6.54 Å². The summed E-state index contributed by atoms with van der Waals surface area (Å²) in [4.78, 5) is 15.5. The Morgan fingerprint density at radius 2 is 2.12 bits per heavy atom. The van der Waals surface area contributed by atoms with Crippen LogP contribution in [0.2, 0.25) is 0 Å². The highest BCUT2D eigenvalue weighted by Crippen LogP contribution is 2.18. The number of benzene rings is 1. The zero-order valence-corrected chi connectivity index (χ0v) is 9.97. The number of hydrogen-bond acceptors (Lipinski definition) is 3. The molecular weight excluding hydrogens is 216 g/mol. The van der Waals surface area contributed by atoms with Crippen molar-refractivity contribution in [2.75, 3.05) is 0 Å². The summed E-state index contributed by atoms with van der Waals surface area (Å²) in [5, 5.41) is 12.2. The molecule has 0 saturated carbocycles. The van der Waals surface area contributed by atoms with Gasteiger partial charge in [-0.2, -0.15) is 0 Å². The van der Waals surface area contributed by atoms with Gasteiger partial charge in [-0.25, -0.2) is 4.79 Å². The van der Waals surface area contributed by atoms with E-state index in [0.29, 0.717) is 12.4 Å². The summed E-state index contributed by atoms with van der Waals surface area (Å²) >= 11 is 0.